The maximum Gasteiger partial charge on any atom is 0.0561 e. The summed E-state index contributed by atoms with van der Waals surface area (Å²) in [6.07, 6.45) is 0. The highest BCUT2D eigenvalue weighted by Gasteiger charge is 2.18. The maximum absolute atomic E-state index is 2.39. The normalized spacial score (nSPS) is 11.7. The van der Waals surface area contributed by atoms with Crippen LogP contribution >= 0.6 is 11.3 Å². The highest BCUT2D eigenvalue weighted by molar-refractivity contribution is 7.26. The lowest BCUT2D eigenvalue weighted by molar-refractivity contribution is 1.18. The Labute approximate surface area is 253 Å². The molecule has 43 heavy (non-hydrogen) atoms. The van der Waals surface area contributed by atoms with Crippen LogP contribution in [0.2, 0.25) is 0 Å². The zero-order valence-corrected chi connectivity index (χ0v) is 24.1. The molecule has 2 heterocycles. The molecule has 0 N–H and O–H groups in total. The van der Waals surface area contributed by atoms with Gasteiger partial charge in [0, 0.05) is 53.7 Å². The summed E-state index contributed by atoms with van der Waals surface area (Å²) in [5.74, 6) is 0. The van der Waals surface area contributed by atoms with Crippen LogP contribution in [0.4, 0.5) is 17.1 Å². The first kappa shape index (κ1) is 24.2. The molecule has 0 aliphatic carbocycles. The van der Waals surface area contributed by atoms with Gasteiger partial charge in [0.25, 0.3) is 0 Å². The van der Waals surface area contributed by atoms with Crippen molar-refractivity contribution in [3.63, 3.8) is 0 Å². The first-order valence-electron chi connectivity index (χ1n) is 14.6. The second kappa shape index (κ2) is 9.59. The van der Waals surface area contributed by atoms with E-state index >= 15 is 0 Å². The quantitative estimate of drug-likeness (QED) is 0.206. The van der Waals surface area contributed by atoms with Gasteiger partial charge in [-0.25, -0.2) is 0 Å². The van der Waals surface area contributed by atoms with Gasteiger partial charge in [-0.15, -0.1) is 11.3 Å². The Kier molecular flexibility index (Phi) is 5.40. The molecule has 2 aromatic heterocycles. The molecule has 0 bridgehead atoms. The molecule has 0 saturated heterocycles. The third-order valence-corrected chi connectivity index (χ3v) is 9.68. The largest absolute Gasteiger partial charge is 0.310 e. The minimum absolute atomic E-state index is 1.13. The first-order valence-corrected chi connectivity index (χ1v) is 15.4. The highest BCUT2D eigenvalue weighted by atomic mass is 32.1. The zero-order valence-electron chi connectivity index (χ0n) is 23.3. The number of thiophene rings is 1. The van der Waals surface area contributed by atoms with Crippen LogP contribution < -0.4 is 4.90 Å². The van der Waals surface area contributed by atoms with Gasteiger partial charge in [-0.1, -0.05) is 91.0 Å². The van der Waals surface area contributed by atoms with Crippen LogP contribution in [0, 0.1) is 0 Å². The molecule has 0 atom stereocenters. The minimum Gasteiger partial charge on any atom is -0.310 e. The van der Waals surface area contributed by atoms with E-state index in [1.54, 1.807) is 0 Å². The molecular weight excluding hydrogens is 541 g/mol. The first-order chi connectivity index (χ1) is 21.3. The monoisotopic (exact) mass is 566 g/mol. The van der Waals surface area contributed by atoms with E-state index in [0.717, 1.165) is 22.7 Å². The molecule has 0 amide bonds. The summed E-state index contributed by atoms with van der Waals surface area (Å²) in [4.78, 5) is 2.38. The summed E-state index contributed by atoms with van der Waals surface area (Å²) < 4.78 is 5.05. The molecule has 7 aromatic carbocycles. The lowest BCUT2D eigenvalue weighted by atomic mass is 10.0. The minimum atomic E-state index is 1.13. The van der Waals surface area contributed by atoms with Crippen LogP contribution in [0.15, 0.2) is 158 Å². The molecule has 0 saturated carbocycles. The molecule has 0 fully saturated rings. The Balaban J connectivity index is 1.29. The average molecular weight is 567 g/mol. The summed E-state index contributed by atoms with van der Waals surface area (Å²) in [5.41, 5.74) is 6.96. The number of para-hydroxylation sites is 3. The average Bonchev–Trinajstić information content (AvgIpc) is 3.61. The predicted octanol–water partition coefficient (Wildman–Crippen LogP) is 11.8. The molecule has 2 nitrogen and oxygen atoms in total. The topological polar surface area (TPSA) is 8.17 Å². The lowest BCUT2D eigenvalue weighted by Crippen LogP contribution is -2.10. The summed E-state index contributed by atoms with van der Waals surface area (Å²) in [6, 6.07) is 57.2. The molecule has 0 aliphatic rings. The molecule has 3 heteroatoms. The molecule has 0 unspecified atom stereocenters. The number of benzene rings is 7. The van der Waals surface area contributed by atoms with Crippen molar-refractivity contribution in [2.24, 2.45) is 0 Å². The Bertz CT molecular complexity index is 2450. The van der Waals surface area contributed by atoms with Crippen molar-refractivity contribution in [3.8, 4) is 5.69 Å². The van der Waals surface area contributed by atoms with E-state index in [-0.39, 0.29) is 0 Å². The third-order valence-electron chi connectivity index (χ3n) is 8.54. The van der Waals surface area contributed by atoms with Gasteiger partial charge in [-0.2, -0.15) is 0 Å². The van der Waals surface area contributed by atoms with Crippen LogP contribution in [0.1, 0.15) is 0 Å². The van der Waals surface area contributed by atoms with Gasteiger partial charge in [0.2, 0.25) is 0 Å². The van der Waals surface area contributed by atoms with Crippen molar-refractivity contribution >= 4 is 81.1 Å². The fourth-order valence-electron chi connectivity index (χ4n) is 6.66. The van der Waals surface area contributed by atoms with E-state index in [1.165, 1.54) is 52.8 Å². The van der Waals surface area contributed by atoms with Crippen LogP contribution in [0.3, 0.4) is 0 Å². The van der Waals surface area contributed by atoms with Gasteiger partial charge in [-0.05, 0) is 77.5 Å². The van der Waals surface area contributed by atoms with Crippen molar-refractivity contribution in [3.05, 3.63) is 158 Å². The summed E-state index contributed by atoms with van der Waals surface area (Å²) in [6.45, 7) is 0. The van der Waals surface area contributed by atoms with E-state index in [4.69, 9.17) is 0 Å². The second-order valence-electron chi connectivity index (χ2n) is 11.0. The Morgan fingerprint density at radius 1 is 0.419 bits per heavy atom. The Hall–Kier alpha value is -5.38. The zero-order chi connectivity index (χ0) is 28.3. The van der Waals surface area contributed by atoms with E-state index < -0.39 is 0 Å². The fourth-order valence-corrected chi connectivity index (χ4v) is 7.78. The summed E-state index contributed by atoms with van der Waals surface area (Å²) >= 11 is 1.87. The molecule has 9 rings (SSSR count). The van der Waals surface area contributed by atoms with Gasteiger partial charge < -0.3 is 9.47 Å². The van der Waals surface area contributed by atoms with Gasteiger partial charge in [0.15, 0.2) is 0 Å². The van der Waals surface area contributed by atoms with Crippen molar-refractivity contribution in [2.75, 3.05) is 4.90 Å². The number of hydrogen-bond acceptors (Lipinski definition) is 2. The summed E-state index contributed by atoms with van der Waals surface area (Å²) in [5, 5.41) is 7.74. The van der Waals surface area contributed by atoms with E-state index in [0.29, 0.717) is 0 Å². The van der Waals surface area contributed by atoms with Gasteiger partial charge in [0.1, 0.15) is 0 Å². The number of hydrogen-bond donors (Lipinski definition) is 0. The maximum atomic E-state index is 2.39. The van der Waals surface area contributed by atoms with Crippen LogP contribution in [-0.4, -0.2) is 4.57 Å². The SMILES string of the molecule is c1ccc(N(c2ccc3c(ccc4sc5ccccc5c43)c2)c2ccc3c4ccccc4n(-c4ccccc4)c3c2)cc1. The van der Waals surface area contributed by atoms with Crippen molar-refractivity contribution in [1.29, 1.82) is 0 Å². The number of fused-ring (bicyclic) bond motifs is 8. The van der Waals surface area contributed by atoms with Gasteiger partial charge >= 0.3 is 0 Å². The molecule has 9 aromatic rings. The van der Waals surface area contributed by atoms with E-state index in [1.807, 2.05) is 11.3 Å². The van der Waals surface area contributed by atoms with Crippen LogP contribution in [0.25, 0.3) is 58.4 Å². The van der Waals surface area contributed by atoms with E-state index in [9.17, 15) is 0 Å². The highest BCUT2D eigenvalue weighted by Crippen LogP contribution is 2.43. The second-order valence-corrected chi connectivity index (χ2v) is 12.1. The van der Waals surface area contributed by atoms with Crippen molar-refractivity contribution in [1.82, 2.24) is 4.57 Å². The third kappa shape index (κ3) is 3.79. The van der Waals surface area contributed by atoms with Gasteiger partial charge in [-0.3, -0.25) is 0 Å². The van der Waals surface area contributed by atoms with Crippen molar-refractivity contribution in [2.45, 2.75) is 0 Å². The Morgan fingerprint density at radius 2 is 1.07 bits per heavy atom. The fraction of sp³-hybridized carbons (Fsp3) is 0. The molecule has 202 valence electrons. The van der Waals surface area contributed by atoms with Crippen LogP contribution in [-0.2, 0) is 0 Å². The molecule has 0 radical (unpaired) electrons. The van der Waals surface area contributed by atoms with Crippen molar-refractivity contribution < 1.29 is 0 Å². The van der Waals surface area contributed by atoms with Gasteiger partial charge in [0.05, 0.1) is 11.0 Å². The number of aromatic nitrogens is 1. The number of anilines is 3. The molecule has 0 aliphatic heterocycles. The number of rotatable bonds is 4. The smallest absolute Gasteiger partial charge is 0.0561 e. The molecule has 0 spiro atoms. The number of nitrogens with zero attached hydrogens (tertiary/aromatic N) is 2. The van der Waals surface area contributed by atoms with E-state index in [2.05, 4.69) is 167 Å². The van der Waals surface area contributed by atoms with Crippen LogP contribution in [0.5, 0.6) is 0 Å². The Morgan fingerprint density at radius 3 is 1.91 bits per heavy atom. The molecular formula is C40H26N2S. The predicted molar refractivity (Wildman–Crippen MR) is 186 cm³/mol. The lowest BCUT2D eigenvalue weighted by Gasteiger charge is -2.26. The summed E-state index contributed by atoms with van der Waals surface area (Å²) in [7, 11) is 0. The standard InChI is InChI=1S/C40H26N2S/c1-3-11-28(12-4-1)41(30-20-22-32-27(25-30)19-24-39-40(32)35-16-8-10-18-38(35)43-39)31-21-23-34-33-15-7-9-17-36(33)42(37(34)26-31)29-13-5-2-6-14-29/h1-26H.